The molecule has 0 saturated carbocycles. The van der Waals surface area contributed by atoms with Crippen LogP contribution in [0.3, 0.4) is 0 Å². The summed E-state index contributed by atoms with van der Waals surface area (Å²) in [7, 11) is -4.63. The van der Waals surface area contributed by atoms with Gasteiger partial charge >= 0.3 is 29.6 Å². The van der Waals surface area contributed by atoms with Gasteiger partial charge in [0, 0.05) is 9.75 Å². The van der Waals surface area contributed by atoms with E-state index in [0.29, 0.717) is 0 Å². The van der Waals surface area contributed by atoms with Crippen molar-refractivity contribution in [1.82, 2.24) is 0 Å². The first kappa shape index (κ1) is 13.6. The topological polar surface area (TPSA) is 77.4 Å². The molecule has 68 valence electrons. The molecule has 1 aromatic rings. The molecule has 0 bridgehead atoms. The number of hydrogen-bond acceptors (Lipinski definition) is 5. The summed E-state index contributed by atoms with van der Waals surface area (Å²) in [6.07, 6.45) is 0. The molecule has 0 amide bonds. The molecule has 1 aromatic heterocycles. The van der Waals surface area contributed by atoms with Crippen LogP contribution in [-0.4, -0.2) is 18.1 Å². The molecule has 1 heterocycles. The van der Waals surface area contributed by atoms with Crippen LogP contribution in [0.4, 0.5) is 0 Å². The Morgan fingerprint density at radius 2 is 2.08 bits per heavy atom. The largest absolute Gasteiger partial charge is 1.00 e. The summed E-state index contributed by atoms with van der Waals surface area (Å²) in [4.78, 5) is 1.02. The van der Waals surface area contributed by atoms with Crippen molar-refractivity contribution in [2.45, 2.75) is 12.4 Å². The second-order valence-electron chi connectivity index (χ2n) is 2.29. The normalized spacial score (nSPS) is 13.5. The van der Waals surface area contributed by atoms with E-state index in [-0.39, 0.29) is 34.4 Å². The van der Waals surface area contributed by atoms with Crippen LogP contribution in [0.2, 0.25) is 0 Å². The number of aryl methyl sites for hydroxylation is 1. The molecule has 0 saturated heterocycles. The molecule has 0 aromatic carbocycles. The Morgan fingerprint density at radius 1 is 1.54 bits per heavy atom. The van der Waals surface area contributed by atoms with Crippen molar-refractivity contribution in [3.8, 4) is 0 Å². The molecule has 0 spiro atoms. The Bertz CT molecular complexity index is 370. The summed E-state index contributed by atoms with van der Waals surface area (Å²) in [6, 6.07) is 3.08. The molecule has 0 fully saturated rings. The van der Waals surface area contributed by atoms with Gasteiger partial charge in [-0.2, -0.15) is 0 Å². The molecule has 1 rings (SSSR count). The number of thiophene rings is 1. The van der Waals surface area contributed by atoms with Gasteiger partial charge < -0.3 is 9.66 Å². The minimum Gasteiger partial charge on any atom is -0.746 e. The minimum atomic E-state index is -4.63. The molecule has 4 nitrogen and oxygen atoms in total. The Kier molecular flexibility index (Phi) is 5.09. The predicted molar refractivity (Wildman–Crippen MR) is 43.7 cm³/mol. The van der Waals surface area contributed by atoms with E-state index in [4.69, 9.17) is 5.11 Å². The average molecular weight is 230 g/mol. The third-order valence-electron chi connectivity index (χ3n) is 1.28. The van der Waals surface area contributed by atoms with E-state index in [9.17, 15) is 13.0 Å². The molecule has 0 aliphatic rings. The van der Waals surface area contributed by atoms with Crippen LogP contribution in [0.5, 0.6) is 0 Å². The van der Waals surface area contributed by atoms with Gasteiger partial charge in [0.15, 0.2) is 5.44 Å². The second-order valence-corrected chi connectivity index (χ2v) is 5.05. The van der Waals surface area contributed by atoms with Crippen LogP contribution in [0.1, 0.15) is 15.2 Å². The summed E-state index contributed by atoms with van der Waals surface area (Å²) in [6.45, 7) is 1.76. The molecule has 0 radical (unpaired) electrons. The fourth-order valence-corrected chi connectivity index (χ4v) is 2.33. The zero-order valence-electron chi connectivity index (χ0n) is 7.22. The van der Waals surface area contributed by atoms with Crippen LogP contribution >= 0.6 is 11.3 Å². The quantitative estimate of drug-likeness (QED) is 0.454. The zero-order valence-corrected chi connectivity index (χ0v) is 10.9. The standard InChI is InChI=1S/C6H8O4S2.Na/c1-4-2-3-5(11-4)6(7)12(8,9)10;/h2-3,6-7H,1H3,(H,8,9,10);/q;+1/p-1. The summed E-state index contributed by atoms with van der Waals surface area (Å²) in [5, 5.41) is 8.98. The smallest absolute Gasteiger partial charge is 0.746 e. The van der Waals surface area contributed by atoms with Crippen molar-refractivity contribution in [3.63, 3.8) is 0 Å². The third-order valence-corrected chi connectivity index (χ3v) is 3.28. The first-order chi connectivity index (χ1) is 5.41. The first-order valence-corrected chi connectivity index (χ1v) is 5.39. The van der Waals surface area contributed by atoms with Gasteiger partial charge in [-0.3, -0.25) is 0 Å². The monoisotopic (exact) mass is 230 g/mol. The molecule has 0 aliphatic carbocycles. The maximum atomic E-state index is 10.3. The summed E-state index contributed by atoms with van der Waals surface area (Å²) >= 11 is 1.09. The van der Waals surface area contributed by atoms with Crippen LogP contribution in [0, 0.1) is 6.92 Å². The van der Waals surface area contributed by atoms with Crippen LogP contribution in [0.25, 0.3) is 0 Å². The fraction of sp³-hybridized carbons (Fsp3) is 0.333. The van der Waals surface area contributed by atoms with Gasteiger partial charge in [-0.15, -0.1) is 11.3 Å². The third kappa shape index (κ3) is 3.67. The number of aliphatic hydroxyl groups is 1. The van der Waals surface area contributed by atoms with Crippen LogP contribution in [-0.2, 0) is 10.1 Å². The zero-order chi connectivity index (χ0) is 9.35. The second kappa shape index (κ2) is 4.88. The van der Waals surface area contributed by atoms with E-state index in [1.54, 1.807) is 13.0 Å². The van der Waals surface area contributed by atoms with E-state index < -0.39 is 15.6 Å². The van der Waals surface area contributed by atoms with Crippen LogP contribution in [0.15, 0.2) is 12.1 Å². The molecule has 1 N–H and O–H groups in total. The maximum absolute atomic E-state index is 10.3. The average Bonchev–Trinajstić information content (AvgIpc) is 2.32. The van der Waals surface area contributed by atoms with Gasteiger partial charge in [-0.05, 0) is 19.1 Å². The van der Waals surface area contributed by atoms with Gasteiger partial charge in [0.1, 0.15) is 10.1 Å². The van der Waals surface area contributed by atoms with Gasteiger partial charge in [0.2, 0.25) is 0 Å². The van der Waals surface area contributed by atoms with E-state index >= 15 is 0 Å². The fourth-order valence-electron chi connectivity index (χ4n) is 0.728. The van der Waals surface area contributed by atoms with Crippen molar-refractivity contribution < 1.29 is 47.6 Å². The molecule has 13 heavy (non-hydrogen) atoms. The van der Waals surface area contributed by atoms with E-state index in [0.717, 1.165) is 16.2 Å². The Balaban J connectivity index is 0.00000144. The van der Waals surface area contributed by atoms with Crippen LogP contribution < -0.4 is 29.6 Å². The molecule has 1 unspecified atom stereocenters. The molecular weight excluding hydrogens is 223 g/mol. The Hall–Kier alpha value is 0.570. The molecule has 1 atom stereocenters. The van der Waals surface area contributed by atoms with Gasteiger partial charge in [-0.25, -0.2) is 8.42 Å². The van der Waals surface area contributed by atoms with Gasteiger partial charge in [-0.1, -0.05) is 0 Å². The maximum Gasteiger partial charge on any atom is 1.00 e. The predicted octanol–water partition coefficient (Wildman–Crippen LogP) is -2.40. The van der Waals surface area contributed by atoms with Gasteiger partial charge in [0.25, 0.3) is 0 Å². The van der Waals surface area contributed by atoms with Gasteiger partial charge in [0.05, 0.1) is 0 Å². The molecule has 0 aliphatic heterocycles. The summed E-state index contributed by atoms with van der Waals surface area (Å²) in [5.41, 5.74) is -1.92. The first-order valence-electron chi connectivity index (χ1n) is 3.10. The van der Waals surface area contributed by atoms with Crippen molar-refractivity contribution in [2.75, 3.05) is 0 Å². The minimum absolute atomic E-state index is 0. The van der Waals surface area contributed by atoms with Crippen molar-refractivity contribution >= 4 is 21.5 Å². The summed E-state index contributed by atoms with van der Waals surface area (Å²) < 4.78 is 31.0. The van der Waals surface area contributed by atoms with E-state index in [1.165, 1.54) is 6.07 Å². The Labute approximate surface area is 103 Å². The molecular formula is C6H7NaO4S2. The Morgan fingerprint density at radius 3 is 2.38 bits per heavy atom. The van der Waals surface area contributed by atoms with E-state index in [2.05, 4.69) is 0 Å². The SMILES string of the molecule is Cc1ccc(C(O)S(=O)(=O)[O-])s1.[Na+]. The number of hydrogen-bond donors (Lipinski definition) is 1. The van der Waals surface area contributed by atoms with E-state index in [1.807, 2.05) is 0 Å². The number of aliphatic hydroxyl groups excluding tert-OH is 1. The van der Waals surface area contributed by atoms with Crippen molar-refractivity contribution in [1.29, 1.82) is 0 Å². The van der Waals surface area contributed by atoms with Crippen molar-refractivity contribution in [3.05, 3.63) is 21.9 Å². The van der Waals surface area contributed by atoms with Crippen molar-refractivity contribution in [2.24, 2.45) is 0 Å². The number of rotatable bonds is 2. The summed E-state index contributed by atoms with van der Waals surface area (Å²) in [5.74, 6) is 0. The molecule has 7 heteroatoms.